The molecule has 24 heteroatoms. The Hall–Kier alpha value is -13.2. The van der Waals surface area contributed by atoms with Crippen LogP contribution in [0.3, 0.4) is 0 Å². The number of pyridine rings is 2. The van der Waals surface area contributed by atoms with Gasteiger partial charge in [0.1, 0.15) is 0 Å². The van der Waals surface area contributed by atoms with Crippen molar-refractivity contribution in [2.24, 2.45) is 0 Å². The van der Waals surface area contributed by atoms with Gasteiger partial charge in [-0.1, -0.05) is 0 Å². The maximum Gasteiger partial charge on any atom is 0 e. The van der Waals surface area contributed by atoms with Crippen LogP contribution in [0.2, 0.25) is 0 Å². The van der Waals surface area contributed by atoms with Crippen molar-refractivity contribution < 1.29 is 0 Å². The van der Waals surface area contributed by atoms with Crippen LogP contribution < -0.4 is 20.7 Å². The van der Waals surface area contributed by atoms with Crippen molar-refractivity contribution in [3.8, 4) is 112 Å². The molecule has 16 rings (SSSR count). The van der Waals surface area contributed by atoms with Crippen LogP contribution in [0.1, 0.15) is 34.4 Å². The Morgan fingerprint density at radius 2 is 0.602 bits per heavy atom. The average Bonchev–Trinajstić information content (AvgIpc) is 0.744. The molecule has 0 aliphatic heterocycles. The van der Waals surface area contributed by atoms with Crippen molar-refractivity contribution in [2.45, 2.75) is 41.5 Å². The molecule has 0 bridgehead atoms. The number of hydrogen-bond acceptors (Lipinski definition) is 12. The molecule has 0 amide bonds. The number of benzene rings is 9. The SMILES string of the molecule is Cc1c[c]([BiH2])nc(-c2[c-]cccc2)c1.Cc1c[c]([BiH2])nc(-c2[c-]cccc2)n1.Cc1cc(-c2[c-]cccc2)c[c]([BiH2])n1.Cc1n[c]([BiH2])cc(-c2[c-]cccc2)n1.Cc1n[c]([BiH2])nc(-c2[c-]cc3c(c2)-c2ccccc2-c2ccccc2-c2ccccc2-3)n1.Cc1n[c]([BiH2])nc(-c2[c-]cccc2)n1.[Bk].[Bk].[Bk].[Bk].[Bk].[Bk]. The topological polar surface area (TPSA) is 155 Å². The molecule has 6 aromatic heterocycles. The van der Waals surface area contributed by atoms with E-state index < -0.39 is 0 Å². The van der Waals surface area contributed by atoms with Gasteiger partial charge in [0.25, 0.3) is 0 Å². The van der Waals surface area contributed by atoms with E-state index in [1.165, 1.54) is 62.4 Å². The van der Waals surface area contributed by atoms with E-state index in [9.17, 15) is 0 Å². The first-order chi connectivity index (χ1) is 49.5. The summed E-state index contributed by atoms with van der Waals surface area (Å²) in [4.78, 5) is 52.9. The van der Waals surface area contributed by atoms with Gasteiger partial charge < -0.3 is 0 Å². The first-order valence-electron chi connectivity index (χ1n) is 32.3. The third kappa shape index (κ3) is 22.9. The molecule has 0 fully saturated rings. The fourth-order valence-electron chi connectivity index (χ4n) is 11.0. The molecule has 1 aliphatic rings. The average molecular weight is 3980 g/mol. The van der Waals surface area contributed by atoms with E-state index in [1.807, 2.05) is 162 Å². The molecule has 9 aromatic carbocycles. The van der Waals surface area contributed by atoms with E-state index in [4.69, 9.17) is 0 Å². The largest absolute Gasteiger partial charge is 0 e. The zero-order valence-electron chi connectivity index (χ0n) is 58.9. The van der Waals surface area contributed by atoms with Gasteiger partial charge in [-0.05, 0) is 0 Å². The molecule has 0 spiro atoms. The minimum absolute atomic E-state index is 0. The second-order valence-electron chi connectivity index (χ2n) is 23.2. The van der Waals surface area contributed by atoms with Crippen LogP contribution in [0.5, 0.6) is 0 Å². The van der Waals surface area contributed by atoms with E-state index >= 15 is 0 Å². The first kappa shape index (κ1) is 85.4. The summed E-state index contributed by atoms with van der Waals surface area (Å²) in [6.07, 6.45) is 0. The predicted octanol–water partition coefficient (Wildman–Crippen LogP) is 8.05. The molecule has 15 aromatic rings. The van der Waals surface area contributed by atoms with Crippen LogP contribution in [-0.4, -0.2) is 208 Å². The molecule has 0 saturated heterocycles. The number of hydrogen-bond donors (Lipinski definition) is 0. The minimum Gasteiger partial charge on any atom is 0 e. The predicted molar refractivity (Wildman–Crippen MR) is 431 cm³/mol. The van der Waals surface area contributed by atoms with Crippen molar-refractivity contribution >= 4 is 169 Å². The Kier molecular flexibility index (Phi) is 32.2. The standard InChI is InChI=1S/C28H17N3.2C12H9N.2C11H8N2.C10H7N3.6Bi.6Bk.12H/c1-18-29-17-30-28(31-18)19-14-15-26-24-12-5-4-10-22(24)20-8-2-3-9-21(20)23-11-6-7-13-25(23)27(26)16-19;1-10-9-12(7-8-13-10)11-5-3-2-4-6-11;1-10-7-8-13-12(9-10)11-5-3-2-4-6-11;1-9-12-8-7-11(13-9)10-5-3-2-4-6-10;1-9-7-8-12-11(13-9)10-5-3-2-4-6-10;1-8-11-7-12-10(13-8)9-5-3-2-4-6-9;;;;;;;;;;;;;;;;;;;;;;;;/h2-13,15-16H,1H3;2*2-5,7,9H,1H3;2*2-5,7H,1H3;2-5H,1H3;;;;;;;;;;;;;;;;;;;;;;;;/q6*-1;;;;;;;;;;;;;;;;;;;;;;;;. The Labute approximate surface area is 687 Å². The van der Waals surface area contributed by atoms with Gasteiger partial charge in [-0.15, -0.1) is 0 Å². The van der Waals surface area contributed by atoms with E-state index in [1.54, 1.807) is 0 Å². The van der Waals surface area contributed by atoms with Gasteiger partial charge in [0.2, 0.25) is 0 Å². The molecule has 6 heterocycles. The van der Waals surface area contributed by atoms with E-state index in [0.717, 1.165) is 198 Å². The summed E-state index contributed by atoms with van der Waals surface area (Å²) in [5.74, 6) is 4.61. The van der Waals surface area contributed by atoms with Crippen LogP contribution in [0.25, 0.3) is 112 Å². The van der Waals surface area contributed by atoms with Crippen LogP contribution in [0.15, 0.2) is 243 Å². The van der Waals surface area contributed by atoms with Crippen molar-refractivity contribution in [3.05, 3.63) is 313 Å². The third-order valence-electron chi connectivity index (χ3n) is 15.2. The Balaban J connectivity index is 0.000000240. The van der Waals surface area contributed by atoms with Gasteiger partial charge in [0, 0.05) is 0 Å². The van der Waals surface area contributed by atoms with Crippen LogP contribution in [0.4, 0.5) is 0 Å². The van der Waals surface area contributed by atoms with E-state index in [-0.39, 0.29) is 0 Å². The zero-order chi connectivity index (χ0) is 71.5. The maximum absolute atomic E-state index is 4.65. The second kappa shape index (κ2) is 40.7. The quantitative estimate of drug-likeness (QED) is 0.117. The second-order valence-corrected chi connectivity index (χ2v) is 36.4. The summed E-state index contributed by atoms with van der Waals surface area (Å²) in [7, 11) is 0. The number of aryl methyl sites for hydroxylation is 6. The summed E-state index contributed by atoms with van der Waals surface area (Å²) < 4.78 is 6.54. The molecule has 0 unspecified atom stereocenters. The van der Waals surface area contributed by atoms with Crippen LogP contribution >= 0.6 is 0 Å². The summed E-state index contributed by atoms with van der Waals surface area (Å²) >= 11 is 4.30. The molecule has 0 N–H and O–H groups in total. The molecular weight excluding hydrogens is 3910 g/mol. The van der Waals surface area contributed by atoms with Gasteiger partial charge in [0.15, 0.2) is 0 Å². The maximum atomic E-state index is 4.65. The van der Waals surface area contributed by atoms with Crippen LogP contribution in [-0.2, 0) is 0 Å². The Morgan fingerprint density at radius 3 is 1.02 bits per heavy atom. The zero-order valence-corrected chi connectivity index (χ0v) is 103. The molecule has 0 saturated carbocycles. The first-order valence-corrected chi connectivity index (χ1v) is 45.8. The molecule has 0 atom stereocenters. The Morgan fingerprint density at radius 1 is 0.241 bits per heavy atom. The summed E-state index contributed by atoms with van der Waals surface area (Å²) in [5.41, 5.74) is 22.5. The van der Waals surface area contributed by atoms with Gasteiger partial charge in [-0.3, -0.25) is 0 Å². The van der Waals surface area contributed by atoms with Gasteiger partial charge in [-0.25, -0.2) is 0 Å². The van der Waals surface area contributed by atoms with Gasteiger partial charge >= 0.3 is 696 Å². The number of rotatable bonds is 6. The molecule has 556 valence electrons. The third-order valence-corrected chi connectivity index (χ3v) is 21.9. The number of fused-ring (bicyclic) bond motifs is 8. The normalized spacial score (nSPS) is 9.96. The number of aromatic nitrogens is 12. The number of nitrogens with zero attached hydrogens (tertiary/aromatic N) is 12. The summed E-state index contributed by atoms with van der Waals surface area (Å²) in [5, 5.41) is 0. The van der Waals surface area contributed by atoms with Crippen molar-refractivity contribution in [1.82, 2.24) is 59.8 Å². The summed E-state index contributed by atoms with van der Waals surface area (Å²) in [6.45, 7) is 11.9. The fourth-order valence-corrected chi connectivity index (χ4v) is 19.2. The van der Waals surface area contributed by atoms with Crippen LogP contribution in [0, 0.1) is 77.9 Å². The van der Waals surface area contributed by atoms with Crippen molar-refractivity contribution in [1.29, 1.82) is 0 Å². The minimum atomic E-state index is 0. The van der Waals surface area contributed by atoms with E-state index in [0.29, 0.717) is 55.3 Å². The van der Waals surface area contributed by atoms with Gasteiger partial charge in [0.05, 0.1) is 0 Å². The molecular formula is C84H70Bi6Bk6N12-6. The van der Waals surface area contributed by atoms with Crippen molar-refractivity contribution in [3.63, 3.8) is 0 Å². The molecule has 108 heavy (non-hydrogen) atoms. The van der Waals surface area contributed by atoms with Crippen molar-refractivity contribution in [2.75, 3.05) is 0 Å². The van der Waals surface area contributed by atoms with E-state index in [2.05, 4.69) is 218 Å². The molecule has 6 radical (unpaired) electrons. The Bertz CT molecular complexity index is 4740. The summed E-state index contributed by atoms with van der Waals surface area (Å²) in [6, 6.07) is 102. The fraction of sp³-hybridized carbons (Fsp3) is 0.0714. The van der Waals surface area contributed by atoms with Gasteiger partial charge in [-0.2, -0.15) is 0 Å². The molecule has 1 aliphatic carbocycles. The smallest absolute Gasteiger partial charge is 0 e. The molecule has 12 nitrogen and oxygen atoms in total. The monoisotopic (exact) mass is 3980 g/mol.